The van der Waals surface area contributed by atoms with Crippen molar-refractivity contribution in [1.29, 1.82) is 0 Å². The van der Waals surface area contributed by atoms with E-state index in [0.29, 0.717) is 11.1 Å². The Bertz CT molecular complexity index is 876. The fraction of sp³-hybridized carbons (Fsp3) is 0.333. The van der Waals surface area contributed by atoms with Crippen LogP contribution in [0.1, 0.15) is 25.0 Å². The molecule has 2 atom stereocenters. The van der Waals surface area contributed by atoms with Crippen molar-refractivity contribution in [3.63, 3.8) is 0 Å². The van der Waals surface area contributed by atoms with Gasteiger partial charge in [0.25, 0.3) is 0 Å². The Labute approximate surface area is 211 Å². The first-order valence-corrected chi connectivity index (χ1v) is 11.2. The molecule has 0 aliphatic heterocycles. The fourth-order valence-corrected chi connectivity index (χ4v) is 4.16. The van der Waals surface area contributed by atoms with Gasteiger partial charge in [0, 0.05) is 0 Å². The molecule has 11 heteroatoms. The second-order valence-electron chi connectivity index (χ2n) is 6.68. The van der Waals surface area contributed by atoms with Gasteiger partial charge in [-0.05, 0) is 25.0 Å². The van der Waals surface area contributed by atoms with Crippen molar-refractivity contribution in [3.05, 3.63) is 71.8 Å². The van der Waals surface area contributed by atoms with E-state index >= 15 is 0 Å². The van der Waals surface area contributed by atoms with E-state index in [1.54, 1.807) is 60.7 Å². The zero-order chi connectivity index (χ0) is 21.6. The molecule has 156 valence electrons. The predicted octanol–water partition coefficient (Wildman–Crippen LogP) is 0.498. The third-order valence-electron chi connectivity index (χ3n) is 3.71. The zero-order valence-electron chi connectivity index (χ0n) is 16.1. The molecule has 0 heterocycles. The van der Waals surface area contributed by atoms with Gasteiger partial charge in [0.1, 0.15) is 0 Å². The number of aliphatic hydroxyl groups is 2. The summed E-state index contributed by atoms with van der Waals surface area (Å²) in [6, 6.07) is 16.5. The maximum Gasteiger partial charge on any atom is 2.00 e. The van der Waals surface area contributed by atoms with E-state index in [1.165, 1.54) is 13.8 Å². The van der Waals surface area contributed by atoms with Crippen molar-refractivity contribution < 1.29 is 36.2 Å². The van der Waals surface area contributed by atoms with Crippen molar-refractivity contribution in [2.45, 2.75) is 25.0 Å². The Morgan fingerprint density at radius 3 is 1.14 bits per heavy atom. The van der Waals surface area contributed by atoms with Crippen molar-refractivity contribution in [3.8, 4) is 0 Å². The molecule has 0 aliphatic carbocycles. The van der Waals surface area contributed by atoms with Crippen LogP contribution in [-0.4, -0.2) is 96.5 Å². The summed E-state index contributed by atoms with van der Waals surface area (Å²) >= 11 is 0. The van der Waals surface area contributed by atoms with Crippen LogP contribution in [0.5, 0.6) is 0 Å². The summed E-state index contributed by atoms with van der Waals surface area (Å²) in [4.78, 5) is 0. The molecule has 0 radical (unpaired) electrons. The van der Waals surface area contributed by atoms with Crippen LogP contribution in [0.3, 0.4) is 0 Å². The van der Waals surface area contributed by atoms with Gasteiger partial charge in [-0.2, -0.15) is 0 Å². The van der Waals surface area contributed by atoms with E-state index in [-0.39, 0.29) is 48.9 Å². The zero-order valence-corrected chi connectivity index (χ0v) is 22.1. The molecular weight excluding hydrogens is 546 g/mol. The van der Waals surface area contributed by atoms with E-state index in [1.807, 2.05) is 0 Å². The molecule has 0 saturated heterocycles. The van der Waals surface area contributed by atoms with E-state index < -0.39 is 42.9 Å². The SMILES string of the molecule is CC(O)(CS(=O)(=O)[O-])c1ccccc1.CC(O)(CS(=O)(=O)[O-])c1ccccc1.[Ba+2]. The van der Waals surface area contributed by atoms with Crippen molar-refractivity contribution in [2.24, 2.45) is 0 Å². The quantitative estimate of drug-likeness (QED) is 0.378. The van der Waals surface area contributed by atoms with Crippen LogP contribution in [0.15, 0.2) is 60.7 Å². The minimum atomic E-state index is -4.43. The molecule has 2 aromatic rings. The van der Waals surface area contributed by atoms with E-state index in [4.69, 9.17) is 0 Å². The topological polar surface area (TPSA) is 155 Å². The Morgan fingerprint density at radius 1 is 0.690 bits per heavy atom. The van der Waals surface area contributed by atoms with Crippen LogP contribution in [0.4, 0.5) is 0 Å². The monoisotopic (exact) mass is 568 g/mol. The largest absolute Gasteiger partial charge is 2.00 e. The normalized spacial score (nSPS) is 15.7. The summed E-state index contributed by atoms with van der Waals surface area (Å²) in [5.41, 5.74) is -2.41. The number of benzene rings is 2. The van der Waals surface area contributed by atoms with Crippen molar-refractivity contribution in [2.75, 3.05) is 11.5 Å². The second kappa shape index (κ2) is 11.4. The first-order chi connectivity index (χ1) is 12.6. The van der Waals surface area contributed by atoms with Gasteiger partial charge in [0.15, 0.2) is 0 Å². The first-order valence-electron chi connectivity index (χ1n) is 8.05. The van der Waals surface area contributed by atoms with E-state index in [2.05, 4.69) is 0 Å². The summed E-state index contributed by atoms with van der Waals surface area (Å²) in [5, 5.41) is 19.5. The third-order valence-corrected chi connectivity index (χ3v) is 5.54. The second-order valence-corrected chi connectivity index (χ2v) is 9.49. The molecule has 0 fully saturated rings. The molecular formula is C18H22BaO8S2. The maximum atomic E-state index is 10.5. The summed E-state index contributed by atoms with van der Waals surface area (Å²) in [6.45, 7) is 2.61. The standard InChI is InChI=1S/2C9H12O4S.Ba/c2*1-9(10,7-14(11,12)13)8-5-3-2-4-6-8;/h2*2-6,10H,7H2,1H3,(H,11,12,13);/q;;+2/p-2. The number of hydrogen-bond acceptors (Lipinski definition) is 8. The van der Waals surface area contributed by atoms with Gasteiger partial charge in [-0.15, -0.1) is 0 Å². The molecule has 0 amide bonds. The minimum absolute atomic E-state index is 0. The van der Waals surface area contributed by atoms with Crippen molar-refractivity contribution in [1.82, 2.24) is 0 Å². The molecule has 0 spiro atoms. The van der Waals surface area contributed by atoms with Crippen molar-refractivity contribution >= 4 is 69.1 Å². The van der Waals surface area contributed by atoms with Gasteiger partial charge in [0.2, 0.25) is 0 Å². The fourth-order valence-electron chi connectivity index (χ4n) is 2.45. The average molecular weight is 568 g/mol. The van der Waals surface area contributed by atoms with Gasteiger partial charge in [-0.3, -0.25) is 0 Å². The summed E-state index contributed by atoms with van der Waals surface area (Å²) in [5.74, 6) is -1.63. The van der Waals surface area contributed by atoms with Crippen LogP contribution >= 0.6 is 0 Å². The Morgan fingerprint density at radius 2 is 0.931 bits per heavy atom. The van der Waals surface area contributed by atoms with Crippen LogP contribution in [0, 0.1) is 0 Å². The van der Waals surface area contributed by atoms with Gasteiger partial charge in [-0.25, -0.2) is 16.8 Å². The van der Waals surface area contributed by atoms with Crippen LogP contribution in [0.25, 0.3) is 0 Å². The Balaban J connectivity index is 0.000000523. The smallest absolute Gasteiger partial charge is 0.748 e. The molecule has 8 nitrogen and oxygen atoms in total. The van der Waals surface area contributed by atoms with Gasteiger partial charge in [0.05, 0.1) is 42.9 Å². The van der Waals surface area contributed by atoms with E-state index in [9.17, 15) is 36.2 Å². The summed E-state index contributed by atoms with van der Waals surface area (Å²) in [6.07, 6.45) is 0. The maximum absolute atomic E-state index is 10.5. The average Bonchev–Trinajstić information content (AvgIpc) is 2.53. The molecule has 2 N–H and O–H groups in total. The Hall–Kier alpha value is -0.249. The van der Waals surface area contributed by atoms with Gasteiger partial charge >= 0.3 is 48.9 Å². The van der Waals surface area contributed by atoms with Crippen LogP contribution in [0.2, 0.25) is 0 Å². The summed E-state index contributed by atoms with van der Waals surface area (Å²) < 4.78 is 63.0. The van der Waals surface area contributed by atoms with Gasteiger partial charge < -0.3 is 19.3 Å². The number of hydrogen-bond donors (Lipinski definition) is 2. The minimum Gasteiger partial charge on any atom is -0.748 e. The molecule has 0 saturated carbocycles. The summed E-state index contributed by atoms with van der Waals surface area (Å²) in [7, 11) is -8.86. The van der Waals surface area contributed by atoms with Crippen LogP contribution in [-0.2, 0) is 31.4 Å². The Kier molecular flexibility index (Phi) is 11.3. The molecule has 2 unspecified atom stereocenters. The molecule has 0 bridgehead atoms. The molecule has 2 aromatic carbocycles. The third kappa shape index (κ3) is 11.6. The number of rotatable bonds is 6. The molecule has 2 rings (SSSR count). The van der Waals surface area contributed by atoms with Crippen LogP contribution < -0.4 is 0 Å². The molecule has 0 aromatic heterocycles. The molecule has 0 aliphatic rings. The molecule has 29 heavy (non-hydrogen) atoms. The van der Waals surface area contributed by atoms with Gasteiger partial charge in [-0.1, -0.05) is 60.7 Å². The van der Waals surface area contributed by atoms with E-state index in [0.717, 1.165) is 0 Å². The first kappa shape index (κ1) is 28.8. The predicted molar refractivity (Wildman–Crippen MR) is 107 cm³/mol.